The minimum Gasteiger partial charge on any atom is -0.352 e. The highest BCUT2D eigenvalue weighted by molar-refractivity contribution is 6.36. The van der Waals surface area contributed by atoms with Gasteiger partial charge in [0.2, 0.25) is 5.91 Å². The molecule has 74 valence electrons. The van der Waals surface area contributed by atoms with E-state index in [2.05, 4.69) is 10.6 Å². The summed E-state index contributed by atoms with van der Waals surface area (Å²) in [5.41, 5.74) is 1.29. The molecule has 1 amide bonds. The third-order valence-electron chi connectivity index (χ3n) is 1.64. The van der Waals surface area contributed by atoms with Crippen LogP contribution in [0.5, 0.6) is 0 Å². The summed E-state index contributed by atoms with van der Waals surface area (Å²) in [7, 11) is 0. The van der Waals surface area contributed by atoms with Crippen LogP contribution in [0, 0.1) is 0 Å². The van der Waals surface area contributed by atoms with Crippen molar-refractivity contribution in [3.63, 3.8) is 0 Å². The van der Waals surface area contributed by atoms with Gasteiger partial charge in [-0.1, -0.05) is 23.2 Å². The van der Waals surface area contributed by atoms with Crippen LogP contribution in [0.1, 0.15) is 12.8 Å². The molecule has 1 aliphatic rings. The zero-order valence-electron chi connectivity index (χ0n) is 7.15. The molecule has 0 aromatic heterocycles. The van der Waals surface area contributed by atoms with Crippen molar-refractivity contribution in [1.82, 2.24) is 10.6 Å². The van der Waals surface area contributed by atoms with Crippen LogP contribution in [0.3, 0.4) is 0 Å². The molecule has 0 unspecified atom stereocenters. The molecular formula is C8H12Cl2N2O. The molecule has 0 radical (unpaired) electrons. The highest BCUT2D eigenvalue weighted by Gasteiger charge is 2.22. The van der Waals surface area contributed by atoms with Crippen molar-refractivity contribution in [3.05, 3.63) is 10.6 Å². The van der Waals surface area contributed by atoms with Crippen molar-refractivity contribution in [2.45, 2.75) is 18.9 Å². The topological polar surface area (TPSA) is 41.1 Å². The monoisotopic (exact) mass is 222 g/mol. The molecule has 0 aromatic carbocycles. The second kappa shape index (κ2) is 5.47. The third-order valence-corrected chi connectivity index (χ3v) is 2.26. The van der Waals surface area contributed by atoms with Gasteiger partial charge in [-0.05, 0) is 12.8 Å². The number of hydrogen-bond acceptors (Lipinski definition) is 2. The molecule has 2 N–H and O–H groups in total. The molecule has 0 heterocycles. The minimum atomic E-state index is 0.0153. The number of halogens is 2. The molecule has 0 aromatic rings. The maximum Gasteiger partial charge on any atom is 0.234 e. The molecule has 0 aliphatic heterocycles. The standard InChI is InChI=1S/C8H12Cl2N2O/c9-3-6(10)4-11-5-8(13)12-7-1-2-7/h3,7,11H,1-2,4-5H2,(H,12,13). The number of carbonyl (C=O) groups excluding carboxylic acids is 1. The van der Waals surface area contributed by atoms with Gasteiger partial charge in [0.1, 0.15) is 0 Å². The number of amides is 1. The van der Waals surface area contributed by atoms with E-state index in [-0.39, 0.29) is 12.5 Å². The van der Waals surface area contributed by atoms with Gasteiger partial charge in [-0.25, -0.2) is 0 Å². The summed E-state index contributed by atoms with van der Waals surface area (Å²) in [5, 5.41) is 6.22. The predicted octanol–water partition coefficient (Wildman–Crippen LogP) is 1.17. The molecule has 1 aliphatic carbocycles. The Bertz CT molecular complexity index is 214. The fraction of sp³-hybridized carbons (Fsp3) is 0.625. The van der Waals surface area contributed by atoms with Crippen LogP contribution in [0.2, 0.25) is 0 Å². The van der Waals surface area contributed by atoms with Crippen LogP contribution >= 0.6 is 23.2 Å². The zero-order chi connectivity index (χ0) is 9.68. The fourth-order valence-electron chi connectivity index (χ4n) is 0.840. The smallest absolute Gasteiger partial charge is 0.234 e. The Morgan fingerprint density at radius 1 is 1.46 bits per heavy atom. The highest BCUT2D eigenvalue weighted by Crippen LogP contribution is 2.18. The Morgan fingerprint density at radius 3 is 2.69 bits per heavy atom. The third kappa shape index (κ3) is 5.13. The normalized spacial score (nSPS) is 17.2. The van der Waals surface area contributed by atoms with Gasteiger partial charge >= 0.3 is 0 Å². The summed E-state index contributed by atoms with van der Waals surface area (Å²) >= 11 is 10.9. The summed E-state index contributed by atoms with van der Waals surface area (Å²) in [6.45, 7) is 0.723. The number of carbonyl (C=O) groups is 1. The van der Waals surface area contributed by atoms with E-state index < -0.39 is 0 Å². The van der Waals surface area contributed by atoms with Crippen LogP contribution in [-0.2, 0) is 4.79 Å². The Hall–Kier alpha value is -0.250. The molecule has 5 heteroatoms. The van der Waals surface area contributed by atoms with Gasteiger partial charge in [0, 0.05) is 23.2 Å². The van der Waals surface area contributed by atoms with Gasteiger partial charge in [0.25, 0.3) is 0 Å². The average Bonchev–Trinajstić information content (AvgIpc) is 2.88. The maximum atomic E-state index is 11.1. The van der Waals surface area contributed by atoms with Crippen LogP contribution in [0.15, 0.2) is 10.6 Å². The molecule has 0 saturated heterocycles. The van der Waals surface area contributed by atoms with Crippen LogP contribution in [0.25, 0.3) is 0 Å². The van der Waals surface area contributed by atoms with Gasteiger partial charge < -0.3 is 10.6 Å². The van der Waals surface area contributed by atoms with Gasteiger partial charge in [-0.15, -0.1) is 0 Å². The van der Waals surface area contributed by atoms with Crippen molar-refractivity contribution in [2.24, 2.45) is 0 Å². The van der Waals surface area contributed by atoms with Crippen molar-refractivity contribution in [1.29, 1.82) is 0 Å². The molecule has 1 rings (SSSR count). The summed E-state index contributed by atoms with van der Waals surface area (Å²) < 4.78 is 0. The predicted molar refractivity (Wildman–Crippen MR) is 53.8 cm³/mol. The van der Waals surface area contributed by atoms with Crippen molar-refractivity contribution in [3.8, 4) is 0 Å². The Labute approximate surface area is 87.5 Å². The Morgan fingerprint density at radius 2 is 2.15 bits per heavy atom. The second-order valence-electron chi connectivity index (χ2n) is 3.00. The lowest BCUT2D eigenvalue weighted by molar-refractivity contribution is -0.120. The number of nitrogens with one attached hydrogen (secondary N) is 2. The number of rotatable bonds is 5. The average molecular weight is 223 g/mol. The molecule has 0 atom stereocenters. The Kier molecular flexibility index (Phi) is 4.56. The lowest BCUT2D eigenvalue weighted by atomic mass is 10.5. The van der Waals surface area contributed by atoms with Crippen molar-refractivity contribution >= 4 is 29.1 Å². The van der Waals surface area contributed by atoms with Crippen LogP contribution in [0.4, 0.5) is 0 Å². The van der Waals surface area contributed by atoms with Gasteiger partial charge in [0.15, 0.2) is 0 Å². The molecule has 0 bridgehead atoms. The van der Waals surface area contributed by atoms with E-state index in [9.17, 15) is 4.79 Å². The molecule has 13 heavy (non-hydrogen) atoms. The SMILES string of the molecule is O=C(CNCC(Cl)=CCl)NC1CC1. The van der Waals surface area contributed by atoms with Crippen LogP contribution in [-0.4, -0.2) is 25.0 Å². The first kappa shape index (κ1) is 10.8. The summed E-state index contributed by atoms with van der Waals surface area (Å²) in [6.07, 6.45) is 2.21. The van der Waals surface area contributed by atoms with Crippen LogP contribution < -0.4 is 10.6 Å². The van der Waals surface area contributed by atoms with E-state index in [0.717, 1.165) is 12.8 Å². The first-order valence-corrected chi connectivity index (χ1v) is 4.98. The number of hydrogen-bond donors (Lipinski definition) is 2. The lowest BCUT2D eigenvalue weighted by Crippen LogP contribution is -2.35. The molecular weight excluding hydrogens is 211 g/mol. The van der Waals surface area contributed by atoms with Gasteiger partial charge in [-0.3, -0.25) is 4.79 Å². The quantitative estimate of drug-likeness (QED) is 0.734. The zero-order valence-corrected chi connectivity index (χ0v) is 8.66. The molecule has 1 saturated carbocycles. The van der Waals surface area contributed by atoms with E-state index in [0.29, 0.717) is 17.6 Å². The van der Waals surface area contributed by atoms with Crippen molar-refractivity contribution < 1.29 is 4.79 Å². The van der Waals surface area contributed by atoms with Gasteiger partial charge in [-0.2, -0.15) is 0 Å². The molecule has 0 spiro atoms. The van der Waals surface area contributed by atoms with Gasteiger partial charge in [0.05, 0.1) is 6.54 Å². The Balaban J connectivity index is 2.00. The lowest BCUT2D eigenvalue weighted by Gasteiger charge is -2.03. The van der Waals surface area contributed by atoms with E-state index in [1.54, 1.807) is 0 Å². The maximum absolute atomic E-state index is 11.1. The summed E-state index contributed by atoms with van der Waals surface area (Å²) in [6, 6.07) is 0.411. The molecule has 1 fully saturated rings. The minimum absolute atomic E-state index is 0.0153. The largest absolute Gasteiger partial charge is 0.352 e. The van der Waals surface area contributed by atoms with Crippen molar-refractivity contribution in [2.75, 3.05) is 13.1 Å². The van der Waals surface area contributed by atoms with E-state index in [1.807, 2.05) is 0 Å². The fourth-order valence-corrected chi connectivity index (χ4v) is 1.01. The first-order valence-electron chi connectivity index (χ1n) is 4.17. The summed E-state index contributed by atoms with van der Waals surface area (Å²) in [5.74, 6) is 0.0153. The molecule has 3 nitrogen and oxygen atoms in total. The van der Waals surface area contributed by atoms with E-state index in [1.165, 1.54) is 5.54 Å². The summed E-state index contributed by atoms with van der Waals surface area (Å²) in [4.78, 5) is 11.1. The second-order valence-corrected chi connectivity index (χ2v) is 3.71. The first-order chi connectivity index (χ1) is 6.22. The van der Waals surface area contributed by atoms with E-state index >= 15 is 0 Å². The highest BCUT2D eigenvalue weighted by atomic mass is 35.5. The van der Waals surface area contributed by atoms with E-state index in [4.69, 9.17) is 23.2 Å².